The average Bonchev–Trinajstić information content (AvgIpc) is 2.37. The second kappa shape index (κ2) is 6.09. The molecule has 0 spiro atoms. The standard InChI is InChI=1S/C16H24N2O/c1-11-6-8-13(9-7-11)15(16(17)19)18-14-5-3-4-12(2)10-14/h3-5,10-11,13,15,18H,6-9H2,1-2H3,(H2,17,19). The summed E-state index contributed by atoms with van der Waals surface area (Å²) in [5, 5.41) is 3.33. The van der Waals surface area contributed by atoms with Crippen molar-refractivity contribution in [2.75, 3.05) is 5.32 Å². The molecule has 2 rings (SSSR count). The van der Waals surface area contributed by atoms with Crippen molar-refractivity contribution in [3.8, 4) is 0 Å². The smallest absolute Gasteiger partial charge is 0.240 e. The van der Waals surface area contributed by atoms with E-state index in [0.717, 1.165) is 24.4 Å². The highest BCUT2D eigenvalue weighted by molar-refractivity contribution is 5.83. The van der Waals surface area contributed by atoms with E-state index in [1.54, 1.807) is 0 Å². The van der Waals surface area contributed by atoms with Crippen LogP contribution in [0.3, 0.4) is 0 Å². The molecule has 104 valence electrons. The molecule has 1 aromatic carbocycles. The number of carbonyl (C=O) groups is 1. The van der Waals surface area contributed by atoms with Crippen molar-refractivity contribution < 1.29 is 4.79 Å². The zero-order valence-electron chi connectivity index (χ0n) is 11.9. The van der Waals surface area contributed by atoms with Crippen LogP contribution in [-0.2, 0) is 4.79 Å². The van der Waals surface area contributed by atoms with Gasteiger partial charge in [0.15, 0.2) is 0 Å². The molecule has 1 atom stereocenters. The molecule has 1 saturated carbocycles. The van der Waals surface area contributed by atoms with Crippen LogP contribution in [-0.4, -0.2) is 11.9 Å². The van der Waals surface area contributed by atoms with Gasteiger partial charge in [0, 0.05) is 5.69 Å². The van der Waals surface area contributed by atoms with E-state index in [1.807, 2.05) is 25.1 Å². The fourth-order valence-corrected chi connectivity index (χ4v) is 2.95. The van der Waals surface area contributed by atoms with Crippen LogP contribution >= 0.6 is 0 Å². The quantitative estimate of drug-likeness (QED) is 0.874. The van der Waals surface area contributed by atoms with Gasteiger partial charge in [-0.1, -0.05) is 31.9 Å². The Morgan fingerprint density at radius 1 is 1.32 bits per heavy atom. The fourth-order valence-electron chi connectivity index (χ4n) is 2.95. The summed E-state index contributed by atoms with van der Waals surface area (Å²) in [7, 11) is 0. The van der Waals surface area contributed by atoms with E-state index in [-0.39, 0.29) is 11.9 Å². The summed E-state index contributed by atoms with van der Waals surface area (Å²) in [6.07, 6.45) is 4.58. The van der Waals surface area contributed by atoms with Crippen molar-refractivity contribution in [1.82, 2.24) is 0 Å². The molecular weight excluding hydrogens is 236 g/mol. The first kappa shape index (κ1) is 13.9. The maximum absolute atomic E-state index is 11.7. The maximum Gasteiger partial charge on any atom is 0.240 e. The Morgan fingerprint density at radius 2 is 2.00 bits per heavy atom. The Kier molecular flexibility index (Phi) is 4.46. The molecule has 0 aromatic heterocycles. The third-order valence-corrected chi connectivity index (χ3v) is 4.18. The predicted octanol–water partition coefficient (Wildman–Crippen LogP) is 3.09. The number of anilines is 1. The van der Waals surface area contributed by atoms with Gasteiger partial charge in [0.05, 0.1) is 0 Å². The summed E-state index contributed by atoms with van der Waals surface area (Å²) in [5.41, 5.74) is 7.76. The van der Waals surface area contributed by atoms with Crippen molar-refractivity contribution >= 4 is 11.6 Å². The highest BCUT2D eigenvalue weighted by Crippen LogP contribution is 2.31. The van der Waals surface area contributed by atoms with Crippen molar-refractivity contribution in [2.24, 2.45) is 17.6 Å². The largest absolute Gasteiger partial charge is 0.373 e. The minimum atomic E-state index is -0.241. The number of benzene rings is 1. The van der Waals surface area contributed by atoms with Crippen LogP contribution in [0.5, 0.6) is 0 Å². The van der Waals surface area contributed by atoms with E-state index in [9.17, 15) is 4.79 Å². The van der Waals surface area contributed by atoms with E-state index >= 15 is 0 Å². The molecule has 0 heterocycles. The first-order valence-corrected chi connectivity index (χ1v) is 7.19. The van der Waals surface area contributed by atoms with Gasteiger partial charge in [-0.25, -0.2) is 0 Å². The van der Waals surface area contributed by atoms with Crippen LogP contribution in [0.1, 0.15) is 38.2 Å². The molecule has 0 aliphatic heterocycles. The van der Waals surface area contributed by atoms with E-state index in [1.165, 1.54) is 18.4 Å². The summed E-state index contributed by atoms with van der Waals surface area (Å²) in [5.74, 6) is 0.916. The zero-order valence-corrected chi connectivity index (χ0v) is 11.9. The summed E-state index contributed by atoms with van der Waals surface area (Å²) in [6.45, 7) is 4.33. The molecule has 19 heavy (non-hydrogen) atoms. The van der Waals surface area contributed by atoms with Gasteiger partial charge in [0.2, 0.25) is 5.91 Å². The lowest BCUT2D eigenvalue weighted by atomic mass is 9.79. The van der Waals surface area contributed by atoms with Gasteiger partial charge in [0.25, 0.3) is 0 Å². The SMILES string of the molecule is Cc1cccc(NC(C(N)=O)C2CCC(C)CC2)c1. The monoisotopic (exact) mass is 260 g/mol. The molecule has 3 heteroatoms. The van der Waals surface area contributed by atoms with E-state index < -0.39 is 0 Å². The Bertz CT molecular complexity index is 436. The van der Waals surface area contributed by atoms with Crippen molar-refractivity contribution in [2.45, 2.75) is 45.6 Å². The van der Waals surface area contributed by atoms with Crippen LogP contribution in [0.25, 0.3) is 0 Å². The molecule has 1 unspecified atom stereocenters. The molecule has 1 aliphatic rings. The third-order valence-electron chi connectivity index (χ3n) is 4.18. The first-order valence-electron chi connectivity index (χ1n) is 7.19. The molecule has 1 aromatic rings. The molecule has 3 N–H and O–H groups in total. The van der Waals surface area contributed by atoms with Crippen molar-refractivity contribution in [1.29, 1.82) is 0 Å². The summed E-state index contributed by atoms with van der Waals surface area (Å²) >= 11 is 0. The highest BCUT2D eigenvalue weighted by atomic mass is 16.1. The van der Waals surface area contributed by atoms with Crippen molar-refractivity contribution in [3.05, 3.63) is 29.8 Å². The molecule has 1 fully saturated rings. The van der Waals surface area contributed by atoms with Crippen molar-refractivity contribution in [3.63, 3.8) is 0 Å². The molecule has 0 saturated heterocycles. The van der Waals surface area contributed by atoms with Gasteiger partial charge in [-0.15, -0.1) is 0 Å². The molecule has 1 amide bonds. The second-order valence-corrected chi connectivity index (χ2v) is 5.91. The number of primary amides is 1. The Morgan fingerprint density at radius 3 is 2.58 bits per heavy atom. The lowest BCUT2D eigenvalue weighted by Gasteiger charge is -2.32. The predicted molar refractivity (Wildman–Crippen MR) is 78.9 cm³/mol. The number of nitrogens with one attached hydrogen (secondary N) is 1. The van der Waals surface area contributed by atoms with E-state index in [2.05, 4.69) is 18.3 Å². The summed E-state index contributed by atoms with van der Waals surface area (Å²) in [4.78, 5) is 11.7. The highest BCUT2D eigenvalue weighted by Gasteiger charge is 2.29. The minimum Gasteiger partial charge on any atom is -0.373 e. The second-order valence-electron chi connectivity index (χ2n) is 5.91. The lowest BCUT2D eigenvalue weighted by molar-refractivity contribution is -0.120. The Labute approximate surface area is 115 Å². The van der Waals surface area contributed by atoms with Gasteiger partial charge in [-0.05, 0) is 49.3 Å². The molecule has 3 nitrogen and oxygen atoms in total. The van der Waals surface area contributed by atoms with Crippen LogP contribution in [0.15, 0.2) is 24.3 Å². The maximum atomic E-state index is 11.7. The first-order chi connectivity index (χ1) is 9.06. The normalized spacial score (nSPS) is 24.7. The van der Waals surface area contributed by atoms with E-state index in [0.29, 0.717) is 5.92 Å². The minimum absolute atomic E-state index is 0.235. The third kappa shape index (κ3) is 3.72. The number of hydrogen-bond acceptors (Lipinski definition) is 2. The lowest BCUT2D eigenvalue weighted by Crippen LogP contribution is -2.42. The van der Waals surface area contributed by atoms with Gasteiger partial charge in [-0.2, -0.15) is 0 Å². The number of aryl methyl sites for hydroxylation is 1. The summed E-state index contributed by atoms with van der Waals surface area (Å²) < 4.78 is 0. The number of amides is 1. The van der Waals surface area contributed by atoms with Crippen LogP contribution in [0, 0.1) is 18.8 Å². The fraction of sp³-hybridized carbons (Fsp3) is 0.562. The topological polar surface area (TPSA) is 55.1 Å². The Balaban J connectivity index is 2.06. The zero-order chi connectivity index (χ0) is 13.8. The van der Waals surface area contributed by atoms with Gasteiger partial charge >= 0.3 is 0 Å². The van der Waals surface area contributed by atoms with Gasteiger partial charge in [-0.3, -0.25) is 4.79 Å². The Hall–Kier alpha value is -1.51. The van der Waals surface area contributed by atoms with Crippen LogP contribution in [0.4, 0.5) is 5.69 Å². The molecule has 0 radical (unpaired) electrons. The average molecular weight is 260 g/mol. The van der Waals surface area contributed by atoms with Gasteiger partial charge in [0.1, 0.15) is 6.04 Å². The van der Waals surface area contributed by atoms with Gasteiger partial charge < -0.3 is 11.1 Å². The number of rotatable bonds is 4. The number of carbonyl (C=O) groups excluding carboxylic acids is 1. The summed E-state index contributed by atoms with van der Waals surface area (Å²) in [6, 6.07) is 7.86. The number of nitrogens with two attached hydrogens (primary N) is 1. The molecule has 1 aliphatic carbocycles. The van der Waals surface area contributed by atoms with E-state index in [4.69, 9.17) is 5.73 Å². The van der Waals surface area contributed by atoms with Crippen LogP contribution in [0.2, 0.25) is 0 Å². The van der Waals surface area contributed by atoms with Crippen LogP contribution < -0.4 is 11.1 Å². The number of hydrogen-bond donors (Lipinski definition) is 2. The molecular formula is C16H24N2O. The molecule has 0 bridgehead atoms.